The lowest BCUT2D eigenvalue weighted by molar-refractivity contribution is -0.247. The summed E-state index contributed by atoms with van der Waals surface area (Å²) in [6.45, 7) is 2.90. The zero-order valence-electron chi connectivity index (χ0n) is 27.3. The van der Waals surface area contributed by atoms with Crippen molar-refractivity contribution in [3.05, 3.63) is 51.6 Å². The molecular formula is C35H43NO12. The minimum Gasteiger partial charge on any atom is -0.507 e. The fraction of sp³-hybridized carbons (Fsp3) is 0.543. The molecule has 2 aliphatic carbocycles. The number of aliphatic hydroxyl groups is 2. The predicted molar refractivity (Wildman–Crippen MR) is 169 cm³/mol. The first-order valence-electron chi connectivity index (χ1n) is 16.4. The van der Waals surface area contributed by atoms with Crippen molar-refractivity contribution in [1.29, 1.82) is 0 Å². The van der Waals surface area contributed by atoms with Gasteiger partial charge in [-0.15, -0.1) is 0 Å². The summed E-state index contributed by atoms with van der Waals surface area (Å²) < 4.78 is 22.5. The molecule has 2 aromatic rings. The van der Waals surface area contributed by atoms with Crippen LogP contribution >= 0.6 is 0 Å². The van der Waals surface area contributed by atoms with Gasteiger partial charge < -0.3 is 45.1 Å². The highest BCUT2D eigenvalue weighted by molar-refractivity contribution is 6.31. The van der Waals surface area contributed by atoms with Gasteiger partial charge in [-0.25, -0.2) is 0 Å². The van der Waals surface area contributed by atoms with E-state index in [0.29, 0.717) is 6.42 Å². The molecule has 4 unspecified atom stereocenters. The average molecular weight is 670 g/mol. The van der Waals surface area contributed by atoms with Gasteiger partial charge in [-0.1, -0.05) is 44.7 Å². The molecule has 0 bridgehead atoms. The van der Waals surface area contributed by atoms with Gasteiger partial charge in [0.05, 0.1) is 42.1 Å². The SMILES string of the molecule is CCCCCCCC(=O)OCC(=O)[C@]1(O)Cc2c(O)c3c(c(O)c2[C@@H](OC2CC(N)C(O)C(C)O2)C1)C(=O)c1c(OC)cccc1C3=O. The predicted octanol–water partition coefficient (Wildman–Crippen LogP) is 2.91. The van der Waals surface area contributed by atoms with E-state index in [1.54, 1.807) is 6.92 Å². The van der Waals surface area contributed by atoms with E-state index >= 15 is 0 Å². The summed E-state index contributed by atoms with van der Waals surface area (Å²) in [5, 5.41) is 45.4. The van der Waals surface area contributed by atoms with Crippen LogP contribution in [0, 0.1) is 0 Å². The van der Waals surface area contributed by atoms with Crippen molar-refractivity contribution in [2.45, 2.75) is 108 Å². The van der Waals surface area contributed by atoms with Crippen LogP contribution in [-0.2, 0) is 30.2 Å². The van der Waals surface area contributed by atoms with E-state index in [2.05, 4.69) is 6.92 Å². The summed E-state index contributed by atoms with van der Waals surface area (Å²) in [5.74, 6) is -4.33. The van der Waals surface area contributed by atoms with Crippen molar-refractivity contribution in [3.8, 4) is 17.2 Å². The van der Waals surface area contributed by atoms with Crippen LogP contribution in [0.4, 0.5) is 0 Å². The number of carbonyl (C=O) groups is 4. The summed E-state index contributed by atoms with van der Waals surface area (Å²) in [5.41, 5.74) is 2.37. The molecule has 1 saturated heterocycles. The molecule has 3 aliphatic rings. The maximum Gasteiger partial charge on any atom is 0.306 e. The monoisotopic (exact) mass is 669 g/mol. The molecular weight excluding hydrogens is 626 g/mol. The molecule has 0 radical (unpaired) electrons. The number of hydrogen-bond donors (Lipinski definition) is 5. The number of phenolic OH excluding ortho intramolecular Hbond substituents is 2. The number of unbranched alkanes of at least 4 members (excludes halogenated alkanes) is 4. The second-order valence-corrected chi connectivity index (χ2v) is 12.8. The van der Waals surface area contributed by atoms with E-state index in [4.69, 9.17) is 24.7 Å². The number of aromatic hydroxyl groups is 2. The van der Waals surface area contributed by atoms with Gasteiger partial charge in [0.25, 0.3) is 0 Å². The zero-order valence-corrected chi connectivity index (χ0v) is 27.3. The number of nitrogens with two attached hydrogens (primary N) is 1. The van der Waals surface area contributed by atoms with Crippen LogP contribution in [-0.4, -0.2) is 87.6 Å². The van der Waals surface area contributed by atoms with Crippen molar-refractivity contribution in [1.82, 2.24) is 0 Å². The number of methoxy groups -OCH3 is 1. The number of rotatable bonds is 12. The number of phenols is 2. The smallest absolute Gasteiger partial charge is 0.306 e. The molecule has 2 aromatic carbocycles. The third-order valence-electron chi connectivity index (χ3n) is 9.51. The van der Waals surface area contributed by atoms with Gasteiger partial charge in [0.15, 0.2) is 18.7 Å². The zero-order chi connectivity index (χ0) is 34.9. The average Bonchev–Trinajstić information content (AvgIpc) is 3.05. The highest BCUT2D eigenvalue weighted by atomic mass is 16.7. The maximum absolute atomic E-state index is 13.9. The lowest BCUT2D eigenvalue weighted by atomic mass is 9.72. The Morgan fingerprint density at radius 2 is 1.75 bits per heavy atom. The van der Waals surface area contributed by atoms with Crippen LogP contribution in [0.15, 0.2) is 18.2 Å². The fourth-order valence-corrected chi connectivity index (χ4v) is 6.83. The molecule has 6 atom stereocenters. The first-order chi connectivity index (χ1) is 22.8. The number of fused-ring (bicyclic) bond motifs is 3. The van der Waals surface area contributed by atoms with Crippen LogP contribution in [0.2, 0.25) is 0 Å². The Labute approximate surface area is 277 Å². The van der Waals surface area contributed by atoms with Crippen LogP contribution in [0.5, 0.6) is 17.2 Å². The molecule has 0 amide bonds. The largest absolute Gasteiger partial charge is 0.507 e. The Hall–Kier alpha value is -3.88. The molecule has 0 spiro atoms. The fourth-order valence-electron chi connectivity index (χ4n) is 6.83. The van der Waals surface area contributed by atoms with E-state index in [1.807, 2.05) is 0 Å². The van der Waals surface area contributed by atoms with Crippen molar-refractivity contribution < 1.29 is 58.6 Å². The van der Waals surface area contributed by atoms with E-state index in [0.717, 1.165) is 25.7 Å². The van der Waals surface area contributed by atoms with Gasteiger partial charge in [-0.3, -0.25) is 19.2 Å². The third kappa shape index (κ3) is 6.57. The number of benzene rings is 2. The Balaban J connectivity index is 1.51. The molecule has 13 nitrogen and oxygen atoms in total. The number of hydrogen-bond acceptors (Lipinski definition) is 13. The van der Waals surface area contributed by atoms with E-state index < -0.39 is 102 Å². The lowest BCUT2D eigenvalue weighted by Gasteiger charge is -2.42. The number of carbonyl (C=O) groups excluding carboxylic acids is 4. The van der Waals surface area contributed by atoms with Crippen LogP contribution in [0.3, 0.4) is 0 Å². The Morgan fingerprint density at radius 1 is 1.04 bits per heavy atom. The lowest BCUT2D eigenvalue weighted by Crippen LogP contribution is -2.53. The van der Waals surface area contributed by atoms with Crippen molar-refractivity contribution >= 4 is 23.3 Å². The first kappa shape index (κ1) is 35.4. The summed E-state index contributed by atoms with van der Waals surface area (Å²) >= 11 is 0. The van der Waals surface area contributed by atoms with Crippen molar-refractivity contribution in [2.24, 2.45) is 5.73 Å². The Morgan fingerprint density at radius 3 is 2.44 bits per heavy atom. The second kappa shape index (κ2) is 14.3. The third-order valence-corrected chi connectivity index (χ3v) is 9.51. The van der Waals surface area contributed by atoms with Crippen LogP contribution in [0.1, 0.15) is 114 Å². The van der Waals surface area contributed by atoms with E-state index in [1.165, 1.54) is 25.3 Å². The molecule has 48 heavy (non-hydrogen) atoms. The molecule has 5 rings (SSSR count). The Kier molecular flexibility index (Phi) is 10.6. The van der Waals surface area contributed by atoms with E-state index in [9.17, 15) is 39.6 Å². The number of ether oxygens (including phenoxy) is 4. The van der Waals surface area contributed by atoms with E-state index in [-0.39, 0.29) is 40.8 Å². The number of esters is 1. The molecule has 6 N–H and O–H groups in total. The van der Waals surface area contributed by atoms with Gasteiger partial charge in [0.1, 0.15) is 22.8 Å². The van der Waals surface area contributed by atoms with Gasteiger partial charge >= 0.3 is 5.97 Å². The Bertz CT molecular complexity index is 1590. The number of aliphatic hydroxyl groups excluding tert-OH is 1. The molecule has 1 heterocycles. The molecule has 260 valence electrons. The van der Waals surface area contributed by atoms with Crippen molar-refractivity contribution in [2.75, 3.05) is 13.7 Å². The van der Waals surface area contributed by atoms with Gasteiger partial charge in [-0.05, 0) is 19.4 Å². The second-order valence-electron chi connectivity index (χ2n) is 12.8. The summed E-state index contributed by atoms with van der Waals surface area (Å²) in [7, 11) is 1.33. The molecule has 0 saturated carbocycles. The molecule has 1 fully saturated rings. The highest BCUT2D eigenvalue weighted by Crippen LogP contribution is 2.52. The molecule has 13 heteroatoms. The topological polar surface area (TPSA) is 212 Å². The van der Waals surface area contributed by atoms with Crippen LogP contribution < -0.4 is 10.5 Å². The minimum absolute atomic E-state index is 0.000735. The van der Waals surface area contributed by atoms with Gasteiger partial charge in [-0.2, -0.15) is 0 Å². The first-order valence-corrected chi connectivity index (χ1v) is 16.4. The maximum atomic E-state index is 13.9. The molecule has 1 aliphatic heterocycles. The van der Waals surface area contributed by atoms with Crippen molar-refractivity contribution in [3.63, 3.8) is 0 Å². The molecule has 0 aromatic heterocycles. The van der Waals surface area contributed by atoms with Gasteiger partial charge in [0, 0.05) is 48.4 Å². The number of ketones is 3. The normalized spacial score (nSPS) is 26.3. The highest BCUT2D eigenvalue weighted by Gasteiger charge is 2.50. The van der Waals surface area contributed by atoms with Gasteiger partial charge in [0.2, 0.25) is 11.6 Å². The summed E-state index contributed by atoms with van der Waals surface area (Å²) in [6, 6.07) is 3.63. The standard InChI is InChI=1S/C35H43NO12/c1-4-5-6-7-8-12-24(38)46-16-23(37)35(44)14-19-27(22(15-35)48-25-13-20(36)30(39)17(2)47-25)34(43)29-28(32(19)41)31(40)18-10-9-11-21(45-3)26(18)33(29)42/h9-11,17,20,22,25,30,39,41,43-44H,4-8,12-16,36H2,1-3H3/t17?,20?,22-,25?,30?,35-/m0/s1. The quantitative estimate of drug-likeness (QED) is 0.107. The summed E-state index contributed by atoms with van der Waals surface area (Å²) in [6.07, 6.45) is -0.679. The summed E-state index contributed by atoms with van der Waals surface area (Å²) in [4.78, 5) is 53.5. The van der Waals surface area contributed by atoms with Crippen LogP contribution in [0.25, 0.3) is 0 Å². The number of Topliss-reactive ketones (excluding diaryl/α,β-unsaturated/α-hetero) is 1. The minimum atomic E-state index is -2.29.